The van der Waals surface area contributed by atoms with Gasteiger partial charge < -0.3 is 9.64 Å². The molecule has 0 aromatic heterocycles. The highest BCUT2D eigenvalue weighted by molar-refractivity contribution is 7.99. The molecule has 1 fully saturated rings. The molecule has 0 radical (unpaired) electrons. The number of nitrogens with zero attached hydrogens (tertiary/aromatic N) is 1. The zero-order chi connectivity index (χ0) is 13.0. The number of benzene rings is 1. The first kappa shape index (κ1) is 13.2. The van der Waals surface area contributed by atoms with E-state index in [1.54, 1.807) is 23.8 Å². The van der Waals surface area contributed by atoms with E-state index in [4.69, 9.17) is 4.74 Å². The zero-order valence-electron chi connectivity index (χ0n) is 10.7. The topological polar surface area (TPSA) is 41.6 Å². The van der Waals surface area contributed by atoms with Gasteiger partial charge in [0.15, 0.2) is 0 Å². The number of methoxy groups -OCH3 is 1. The third kappa shape index (κ3) is 2.97. The molecule has 1 aliphatic heterocycles. The second-order valence-corrected chi connectivity index (χ2v) is 5.31. The molecule has 1 aromatic rings. The Labute approximate surface area is 112 Å². The monoisotopic (exact) mass is 266 g/mol. The van der Waals surface area contributed by atoms with Crippen LogP contribution in [0.15, 0.2) is 24.3 Å². The van der Waals surface area contributed by atoms with E-state index in [0.29, 0.717) is 6.54 Å². The Morgan fingerprint density at radius 3 is 3.00 bits per heavy atom. The van der Waals surface area contributed by atoms with Gasteiger partial charge in [0.05, 0.1) is 13.2 Å². The Morgan fingerprint density at radius 1 is 1.56 bits per heavy atom. The number of carbonyl (C=O) groups excluding carboxylic acids is 1. The summed E-state index contributed by atoms with van der Waals surface area (Å²) >= 11 is 1.76. The molecule has 98 valence electrons. The van der Waals surface area contributed by atoms with E-state index in [2.05, 4.69) is 5.32 Å². The van der Waals surface area contributed by atoms with Crippen LogP contribution in [0, 0.1) is 0 Å². The number of amides is 1. The molecule has 1 aliphatic rings. The Balaban J connectivity index is 2.01. The fourth-order valence-corrected chi connectivity index (χ4v) is 2.92. The van der Waals surface area contributed by atoms with E-state index in [1.165, 1.54) is 0 Å². The number of hydrogen-bond donors (Lipinski definition) is 1. The highest BCUT2D eigenvalue weighted by Gasteiger charge is 2.25. The first-order chi connectivity index (χ1) is 8.72. The maximum Gasteiger partial charge on any atom is 0.240 e. The van der Waals surface area contributed by atoms with Crippen molar-refractivity contribution < 1.29 is 9.53 Å². The first-order valence-corrected chi connectivity index (χ1v) is 7.06. The van der Waals surface area contributed by atoms with Gasteiger partial charge in [-0.2, -0.15) is 0 Å². The van der Waals surface area contributed by atoms with Crippen LogP contribution in [0.1, 0.15) is 5.56 Å². The molecule has 1 unspecified atom stereocenters. The third-order valence-electron chi connectivity index (χ3n) is 2.99. The van der Waals surface area contributed by atoms with Crippen LogP contribution in [-0.2, 0) is 11.3 Å². The van der Waals surface area contributed by atoms with Gasteiger partial charge in [-0.05, 0) is 6.07 Å². The lowest BCUT2D eigenvalue weighted by atomic mass is 10.2. The van der Waals surface area contributed by atoms with Crippen LogP contribution in [0.3, 0.4) is 0 Å². The molecular formula is C13H18N2O2S. The average molecular weight is 266 g/mol. The maximum atomic E-state index is 12.2. The van der Waals surface area contributed by atoms with E-state index in [1.807, 2.05) is 31.3 Å². The number of likely N-dealkylation sites (N-methyl/N-ethyl adjacent to an activating group) is 1. The van der Waals surface area contributed by atoms with Crippen molar-refractivity contribution in [1.82, 2.24) is 10.2 Å². The molecule has 0 spiro atoms. The fourth-order valence-electron chi connectivity index (χ4n) is 1.99. The second-order valence-electron chi connectivity index (χ2n) is 4.28. The van der Waals surface area contributed by atoms with Crippen LogP contribution in [0.25, 0.3) is 0 Å². The van der Waals surface area contributed by atoms with Crippen molar-refractivity contribution in [1.29, 1.82) is 0 Å². The number of para-hydroxylation sites is 1. The molecule has 0 bridgehead atoms. The van der Waals surface area contributed by atoms with Crippen molar-refractivity contribution in [2.45, 2.75) is 12.6 Å². The summed E-state index contributed by atoms with van der Waals surface area (Å²) in [5.41, 5.74) is 1.03. The van der Waals surface area contributed by atoms with Gasteiger partial charge in [-0.3, -0.25) is 10.1 Å². The molecular weight excluding hydrogens is 248 g/mol. The second kappa shape index (κ2) is 6.11. The van der Waals surface area contributed by atoms with E-state index >= 15 is 0 Å². The summed E-state index contributed by atoms with van der Waals surface area (Å²) in [6, 6.07) is 7.74. The van der Waals surface area contributed by atoms with Crippen LogP contribution in [0.5, 0.6) is 5.75 Å². The van der Waals surface area contributed by atoms with E-state index in [-0.39, 0.29) is 11.9 Å². The van der Waals surface area contributed by atoms with E-state index in [9.17, 15) is 4.79 Å². The minimum absolute atomic E-state index is 0.0466. The van der Waals surface area contributed by atoms with Crippen LogP contribution in [0.4, 0.5) is 0 Å². The molecule has 0 saturated carbocycles. The van der Waals surface area contributed by atoms with E-state index < -0.39 is 0 Å². The van der Waals surface area contributed by atoms with E-state index in [0.717, 1.165) is 22.9 Å². The summed E-state index contributed by atoms with van der Waals surface area (Å²) in [4.78, 5) is 13.9. The number of rotatable bonds is 4. The molecule has 1 aromatic carbocycles. The molecule has 1 heterocycles. The zero-order valence-corrected chi connectivity index (χ0v) is 11.5. The molecule has 1 N–H and O–H groups in total. The lowest BCUT2D eigenvalue weighted by Crippen LogP contribution is -2.42. The van der Waals surface area contributed by atoms with Crippen molar-refractivity contribution >= 4 is 17.7 Å². The predicted octanol–water partition coefficient (Wildman–Crippen LogP) is 1.32. The minimum Gasteiger partial charge on any atom is -0.496 e. The summed E-state index contributed by atoms with van der Waals surface area (Å²) < 4.78 is 5.29. The van der Waals surface area contributed by atoms with Gasteiger partial charge >= 0.3 is 0 Å². The van der Waals surface area contributed by atoms with Crippen molar-refractivity contribution in [2.24, 2.45) is 0 Å². The summed E-state index contributed by atoms with van der Waals surface area (Å²) in [5.74, 6) is 2.69. The largest absolute Gasteiger partial charge is 0.496 e. The van der Waals surface area contributed by atoms with Gasteiger partial charge in [0.1, 0.15) is 5.75 Å². The Morgan fingerprint density at radius 2 is 2.33 bits per heavy atom. The number of ether oxygens (including phenoxy) is 1. The van der Waals surface area contributed by atoms with Crippen LogP contribution in [-0.4, -0.2) is 42.6 Å². The Kier molecular flexibility index (Phi) is 4.49. The Bertz CT molecular complexity index is 419. The highest BCUT2D eigenvalue weighted by atomic mass is 32.2. The van der Waals surface area contributed by atoms with Crippen molar-refractivity contribution in [3.8, 4) is 5.75 Å². The lowest BCUT2D eigenvalue weighted by Gasteiger charge is -2.21. The number of nitrogens with one attached hydrogen (secondary N) is 1. The van der Waals surface area contributed by atoms with Gasteiger partial charge in [-0.25, -0.2) is 0 Å². The molecule has 2 rings (SSSR count). The molecule has 18 heavy (non-hydrogen) atoms. The standard InChI is InChI=1S/C13H18N2O2S/c1-15(13(16)11-8-18-9-14-11)7-10-5-3-4-6-12(10)17-2/h3-6,11,14H,7-9H2,1-2H3. The Hall–Kier alpha value is -1.20. The SMILES string of the molecule is COc1ccccc1CN(C)C(=O)C1CSCN1. The highest BCUT2D eigenvalue weighted by Crippen LogP contribution is 2.19. The maximum absolute atomic E-state index is 12.2. The fraction of sp³-hybridized carbons (Fsp3) is 0.462. The van der Waals surface area contributed by atoms with Crippen molar-refractivity contribution in [3.63, 3.8) is 0 Å². The normalized spacial score (nSPS) is 18.7. The summed E-state index contributed by atoms with van der Waals surface area (Å²) in [5, 5.41) is 3.19. The number of carbonyl (C=O) groups is 1. The summed E-state index contributed by atoms with van der Waals surface area (Å²) in [6.07, 6.45) is 0. The van der Waals surface area contributed by atoms with Crippen molar-refractivity contribution in [2.75, 3.05) is 25.8 Å². The molecule has 4 nitrogen and oxygen atoms in total. The van der Waals surface area contributed by atoms with Gasteiger partial charge in [-0.15, -0.1) is 11.8 Å². The molecule has 0 aliphatic carbocycles. The lowest BCUT2D eigenvalue weighted by molar-refractivity contribution is -0.131. The van der Waals surface area contributed by atoms with Gasteiger partial charge in [-0.1, -0.05) is 18.2 Å². The van der Waals surface area contributed by atoms with Crippen molar-refractivity contribution in [3.05, 3.63) is 29.8 Å². The van der Waals surface area contributed by atoms with Crippen LogP contribution < -0.4 is 10.1 Å². The first-order valence-electron chi connectivity index (χ1n) is 5.90. The summed E-state index contributed by atoms with van der Waals surface area (Å²) in [7, 11) is 3.48. The molecule has 5 heteroatoms. The van der Waals surface area contributed by atoms with Crippen LogP contribution >= 0.6 is 11.8 Å². The number of hydrogen-bond acceptors (Lipinski definition) is 4. The summed E-state index contributed by atoms with van der Waals surface area (Å²) in [6.45, 7) is 0.575. The van der Waals surface area contributed by atoms with Crippen LogP contribution in [0.2, 0.25) is 0 Å². The third-order valence-corrected chi connectivity index (χ3v) is 3.93. The van der Waals surface area contributed by atoms with Gasteiger partial charge in [0, 0.05) is 30.8 Å². The smallest absolute Gasteiger partial charge is 0.240 e. The number of thioether (sulfide) groups is 1. The predicted molar refractivity (Wildman–Crippen MR) is 73.7 cm³/mol. The van der Waals surface area contributed by atoms with Gasteiger partial charge in [0.2, 0.25) is 5.91 Å². The molecule has 1 amide bonds. The minimum atomic E-state index is -0.0466. The quantitative estimate of drug-likeness (QED) is 0.892. The van der Waals surface area contributed by atoms with Gasteiger partial charge in [0.25, 0.3) is 0 Å². The average Bonchev–Trinajstić information content (AvgIpc) is 2.92. The molecule has 1 saturated heterocycles. The molecule has 1 atom stereocenters.